The molecule has 2 N–H and O–H groups in total. The molecule has 1 heterocycles. The number of rotatable bonds is 3. The van der Waals surface area contributed by atoms with Crippen LogP contribution >= 0.6 is 0 Å². The minimum absolute atomic E-state index is 0.428. The van der Waals surface area contributed by atoms with Gasteiger partial charge in [0.2, 0.25) is 11.7 Å². The van der Waals surface area contributed by atoms with E-state index in [0.29, 0.717) is 11.7 Å². The van der Waals surface area contributed by atoms with Crippen molar-refractivity contribution in [2.45, 2.75) is 33.2 Å². The van der Waals surface area contributed by atoms with Gasteiger partial charge >= 0.3 is 0 Å². The largest absolute Gasteiger partial charge is 0.497 e. The van der Waals surface area contributed by atoms with Gasteiger partial charge in [0.25, 0.3) is 0 Å². The molecule has 5 nitrogen and oxygen atoms in total. The third-order valence-electron chi connectivity index (χ3n) is 2.94. The number of ether oxygens (including phenoxy) is 1. The van der Waals surface area contributed by atoms with E-state index in [1.807, 2.05) is 39.8 Å². The molecule has 0 aliphatic heterocycles. The molecular formula is C14H19N3O2. The smallest absolute Gasteiger partial charge is 0.246 e. The van der Waals surface area contributed by atoms with E-state index in [1.54, 1.807) is 7.11 Å². The van der Waals surface area contributed by atoms with Crippen LogP contribution in [0.25, 0.3) is 11.4 Å². The summed E-state index contributed by atoms with van der Waals surface area (Å²) in [5.74, 6) is 1.81. The predicted octanol–water partition coefficient (Wildman–Crippen LogP) is 2.56. The Bertz CT molecular complexity index is 574. The summed E-state index contributed by atoms with van der Waals surface area (Å²) in [5, 5.41) is 4.02. The summed E-state index contributed by atoms with van der Waals surface area (Å²) in [6.45, 7) is 7.65. The lowest BCUT2D eigenvalue weighted by Gasteiger charge is -2.11. The second kappa shape index (κ2) is 4.66. The van der Waals surface area contributed by atoms with Crippen LogP contribution in [-0.2, 0) is 5.54 Å². The summed E-state index contributed by atoms with van der Waals surface area (Å²) in [6, 6.07) is 3.90. The molecule has 0 fully saturated rings. The molecule has 0 spiro atoms. The molecule has 0 radical (unpaired) electrons. The zero-order valence-corrected chi connectivity index (χ0v) is 11.9. The highest BCUT2D eigenvalue weighted by Crippen LogP contribution is 2.30. The van der Waals surface area contributed by atoms with Crippen molar-refractivity contribution in [3.8, 4) is 17.1 Å². The third-order valence-corrected chi connectivity index (χ3v) is 2.94. The van der Waals surface area contributed by atoms with E-state index in [4.69, 9.17) is 15.0 Å². The van der Waals surface area contributed by atoms with Gasteiger partial charge in [-0.15, -0.1) is 0 Å². The Morgan fingerprint density at radius 1 is 1.21 bits per heavy atom. The van der Waals surface area contributed by atoms with E-state index in [1.165, 1.54) is 0 Å². The van der Waals surface area contributed by atoms with Crippen molar-refractivity contribution in [2.24, 2.45) is 5.73 Å². The van der Waals surface area contributed by atoms with Gasteiger partial charge in [-0.3, -0.25) is 0 Å². The number of aryl methyl sites for hydroxylation is 2. The maximum atomic E-state index is 5.95. The molecule has 102 valence electrons. The van der Waals surface area contributed by atoms with E-state index < -0.39 is 5.54 Å². The molecule has 0 atom stereocenters. The molecule has 0 amide bonds. The number of nitrogens with two attached hydrogens (primary N) is 1. The Labute approximate surface area is 112 Å². The average Bonchev–Trinajstić information content (AvgIpc) is 2.76. The number of benzene rings is 1. The Hall–Kier alpha value is -1.88. The van der Waals surface area contributed by atoms with Crippen LogP contribution in [0.3, 0.4) is 0 Å². The SMILES string of the molecule is COc1cc(C)c(-c2noc(C(C)(C)N)n2)c(C)c1. The van der Waals surface area contributed by atoms with Gasteiger partial charge in [0.15, 0.2) is 0 Å². The van der Waals surface area contributed by atoms with Gasteiger partial charge in [-0.1, -0.05) is 5.16 Å². The molecule has 5 heteroatoms. The summed E-state index contributed by atoms with van der Waals surface area (Å²) in [5.41, 5.74) is 8.35. The van der Waals surface area contributed by atoms with Crippen LogP contribution in [0.4, 0.5) is 0 Å². The molecule has 0 bridgehead atoms. The fraction of sp³-hybridized carbons (Fsp3) is 0.429. The van der Waals surface area contributed by atoms with Gasteiger partial charge in [0.1, 0.15) is 5.75 Å². The lowest BCUT2D eigenvalue weighted by atomic mass is 10.0. The van der Waals surface area contributed by atoms with Crippen LogP contribution in [0.1, 0.15) is 30.9 Å². The van der Waals surface area contributed by atoms with E-state index in [-0.39, 0.29) is 0 Å². The molecule has 19 heavy (non-hydrogen) atoms. The van der Waals surface area contributed by atoms with Gasteiger partial charge in [-0.2, -0.15) is 4.98 Å². The molecule has 0 saturated heterocycles. The van der Waals surface area contributed by atoms with Crippen molar-refractivity contribution in [3.63, 3.8) is 0 Å². The molecule has 0 unspecified atom stereocenters. The zero-order valence-electron chi connectivity index (χ0n) is 11.9. The molecule has 0 saturated carbocycles. The Morgan fingerprint density at radius 3 is 2.21 bits per heavy atom. The summed E-state index contributed by atoms with van der Waals surface area (Å²) < 4.78 is 10.5. The van der Waals surface area contributed by atoms with E-state index in [0.717, 1.165) is 22.4 Å². The monoisotopic (exact) mass is 261 g/mol. The number of hydrogen-bond acceptors (Lipinski definition) is 5. The molecular weight excluding hydrogens is 242 g/mol. The number of aromatic nitrogens is 2. The van der Waals surface area contributed by atoms with Crippen molar-refractivity contribution < 1.29 is 9.26 Å². The quantitative estimate of drug-likeness (QED) is 0.919. The average molecular weight is 261 g/mol. The Balaban J connectivity index is 2.51. The topological polar surface area (TPSA) is 74.2 Å². The van der Waals surface area contributed by atoms with Crippen LogP contribution in [0.15, 0.2) is 16.7 Å². The first-order valence-corrected chi connectivity index (χ1v) is 6.11. The summed E-state index contributed by atoms with van der Waals surface area (Å²) in [4.78, 5) is 4.39. The van der Waals surface area contributed by atoms with Crippen molar-refractivity contribution in [3.05, 3.63) is 29.2 Å². The fourth-order valence-corrected chi connectivity index (χ4v) is 1.98. The third kappa shape index (κ3) is 2.61. The van der Waals surface area contributed by atoms with Crippen LogP contribution in [0.2, 0.25) is 0 Å². The normalized spacial score (nSPS) is 11.7. The number of hydrogen-bond donors (Lipinski definition) is 1. The zero-order chi connectivity index (χ0) is 14.2. The standard InChI is InChI=1S/C14H19N3O2/c1-8-6-10(18-5)7-9(2)11(8)12-16-13(19-17-12)14(3,4)15/h6-7H,15H2,1-5H3. The van der Waals surface area contributed by atoms with Gasteiger partial charge in [0, 0.05) is 5.56 Å². The Morgan fingerprint density at radius 2 is 1.79 bits per heavy atom. The molecule has 2 rings (SSSR count). The lowest BCUT2D eigenvalue weighted by Crippen LogP contribution is -2.29. The van der Waals surface area contributed by atoms with Crippen molar-refractivity contribution in [2.75, 3.05) is 7.11 Å². The van der Waals surface area contributed by atoms with E-state index >= 15 is 0 Å². The summed E-state index contributed by atoms with van der Waals surface area (Å²) in [6.07, 6.45) is 0. The second-order valence-electron chi connectivity index (χ2n) is 5.28. The highest BCUT2D eigenvalue weighted by molar-refractivity contribution is 5.65. The predicted molar refractivity (Wildman–Crippen MR) is 73.0 cm³/mol. The maximum absolute atomic E-state index is 5.95. The van der Waals surface area contributed by atoms with Crippen molar-refractivity contribution >= 4 is 0 Å². The van der Waals surface area contributed by atoms with Crippen molar-refractivity contribution in [1.29, 1.82) is 0 Å². The van der Waals surface area contributed by atoms with E-state index in [2.05, 4.69) is 10.1 Å². The van der Waals surface area contributed by atoms with Gasteiger partial charge in [-0.25, -0.2) is 0 Å². The van der Waals surface area contributed by atoms with Gasteiger partial charge in [-0.05, 0) is 51.0 Å². The Kier molecular flexibility index (Phi) is 3.32. The molecule has 1 aromatic carbocycles. The first-order chi connectivity index (χ1) is 8.82. The van der Waals surface area contributed by atoms with Crippen LogP contribution < -0.4 is 10.5 Å². The van der Waals surface area contributed by atoms with Crippen LogP contribution in [0.5, 0.6) is 5.75 Å². The van der Waals surface area contributed by atoms with E-state index in [9.17, 15) is 0 Å². The second-order valence-corrected chi connectivity index (χ2v) is 5.28. The summed E-state index contributed by atoms with van der Waals surface area (Å²) in [7, 11) is 1.65. The molecule has 2 aromatic rings. The fourth-order valence-electron chi connectivity index (χ4n) is 1.98. The first kappa shape index (κ1) is 13.5. The maximum Gasteiger partial charge on any atom is 0.246 e. The summed E-state index contributed by atoms with van der Waals surface area (Å²) >= 11 is 0. The van der Waals surface area contributed by atoms with Gasteiger partial charge < -0.3 is 15.0 Å². The highest BCUT2D eigenvalue weighted by atomic mass is 16.5. The minimum atomic E-state index is -0.639. The van der Waals surface area contributed by atoms with Crippen molar-refractivity contribution in [1.82, 2.24) is 10.1 Å². The highest BCUT2D eigenvalue weighted by Gasteiger charge is 2.23. The minimum Gasteiger partial charge on any atom is -0.497 e. The molecule has 0 aliphatic carbocycles. The van der Waals surface area contributed by atoms with Gasteiger partial charge in [0.05, 0.1) is 12.6 Å². The number of methoxy groups -OCH3 is 1. The van der Waals surface area contributed by atoms with Crippen LogP contribution in [0, 0.1) is 13.8 Å². The van der Waals surface area contributed by atoms with Crippen LogP contribution in [-0.4, -0.2) is 17.3 Å². The number of nitrogens with zero attached hydrogens (tertiary/aromatic N) is 2. The molecule has 1 aromatic heterocycles. The first-order valence-electron chi connectivity index (χ1n) is 6.11. The lowest BCUT2D eigenvalue weighted by molar-refractivity contribution is 0.312. The molecule has 0 aliphatic rings.